The summed E-state index contributed by atoms with van der Waals surface area (Å²) in [6.07, 6.45) is 3.47. The Morgan fingerprint density at radius 2 is 1.95 bits per heavy atom. The van der Waals surface area contributed by atoms with E-state index in [1.165, 1.54) is 0 Å². The van der Waals surface area contributed by atoms with Crippen LogP contribution >= 0.6 is 0 Å². The first-order valence-electron chi connectivity index (χ1n) is 6.54. The Bertz CT molecular complexity index is 948. The molecule has 0 atom stereocenters. The molecule has 3 rings (SSSR count). The predicted molar refractivity (Wildman–Crippen MR) is 79.5 cm³/mol. The van der Waals surface area contributed by atoms with Gasteiger partial charge in [0.05, 0.1) is 0 Å². The molecule has 0 saturated carbocycles. The summed E-state index contributed by atoms with van der Waals surface area (Å²) in [6, 6.07) is 9.81. The maximum absolute atomic E-state index is 9.39. The van der Waals surface area contributed by atoms with Gasteiger partial charge >= 0.3 is 0 Å². The van der Waals surface area contributed by atoms with E-state index < -0.39 is 0 Å². The second-order valence-corrected chi connectivity index (χ2v) is 5.04. The van der Waals surface area contributed by atoms with Gasteiger partial charge in [0, 0.05) is 28.9 Å². The van der Waals surface area contributed by atoms with Gasteiger partial charge in [-0.15, -0.1) is 0 Å². The highest BCUT2D eigenvalue weighted by Crippen LogP contribution is 2.30. The second kappa shape index (κ2) is 4.88. The van der Waals surface area contributed by atoms with Crippen molar-refractivity contribution in [3.8, 4) is 17.2 Å². The first-order chi connectivity index (χ1) is 10.1. The fourth-order valence-corrected chi connectivity index (χ4v) is 2.43. The maximum Gasteiger partial charge on any atom is 0.230 e. The lowest BCUT2D eigenvalue weighted by atomic mass is 9.97. The van der Waals surface area contributed by atoms with Gasteiger partial charge < -0.3 is 4.42 Å². The molecule has 0 aliphatic rings. The molecule has 0 amide bonds. The third-order valence-corrected chi connectivity index (χ3v) is 3.37. The Morgan fingerprint density at radius 1 is 1.14 bits per heavy atom. The lowest BCUT2D eigenvalue weighted by Crippen LogP contribution is -2.07. The number of hydrogen-bond acceptors (Lipinski definition) is 4. The molecule has 0 fully saturated rings. The van der Waals surface area contributed by atoms with Crippen molar-refractivity contribution >= 4 is 11.0 Å². The Hall–Kier alpha value is -2.93. The number of nitriles is 1. The zero-order chi connectivity index (χ0) is 15.0. The van der Waals surface area contributed by atoms with Crippen LogP contribution in [0.3, 0.4) is 0 Å². The molecule has 3 aromatic rings. The second-order valence-electron chi connectivity index (χ2n) is 5.04. The molecule has 21 heavy (non-hydrogen) atoms. The molecule has 1 aromatic carbocycles. The molecule has 4 nitrogen and oxygen atoms in total. The Morgan fingerprint density at radius 3 is 2.67 bits per heavy atom. The summed E-state index contributed by atoms with van der Waals surface area (Å²) >= 11 is 0. The molecular formula is C17H13N3O. The summed E-state index contributed by atoms with van der Waals surface area (Å²) in [5.74, 6) is 0. The highest BCUT2D eigenvalue weighted by atomic mass is 16.3. The zero-order valence-corrected chi connectivity index (χ0v) is 11.8. The van der Waals surface area contributed by atoms with E-state index in [9.17, 15) is 5.26 Å². The molecule has 0 bridgehead atoms. The van der Waals surface area contributed by atoms with Crippen molar-refractivity contribution in [2.24, 2.45) is 0 Å². The molecule has 4 heteroatoms. The van der Waals surface area contributed by atoms with Crippen LogP contribution in [0.4, 0.5) is 0 Å². The minimum absolute atomic E-state index is 0.118. The van der Waals surface area contributed by atoms with Gasteiger partial charge in [-0.3, -0.25) is 10.4 Å². The van der Waals surface area contributed by atoms with E-state index in [-0.39, 0.29) is 11.1 Å². The van der Waals surface area contributed by atoms with Crippen molar-refractivity contribution in [1.82, 2.24) is 4.98 Å². The van der Waals surface area contributed by atoms with Crippen molar-refractivity contribution < 1.29 is 4.42 Å². The van der Waals surface area contributed by atoms with Crippen molar-refractivity contribution in [2.45, 2.75) is 13.8 Å². The number of pyridine rings is 1. The normalized spacial score (nSPS) is 10.5. The quantitative estimate of drug-likeness (QED) is 0.739. The Balaban J connectivity index is 2.50. The highest BCUT2D eigenvalue weighted by Gasteiger charge is 2.15. The van der Waals surface area contributed by atoms with E-state index in [2.05, 4.69) is 11.1 Å². The maximum atomic E-state index is 9.39. The average Bonchev–Trinajstić information content (AvgIpc) is 2.45. The average molecular weight is 275 g/mol. The van der Waals surface area contributed by atoms with E-state index in [4.69, 9.17) is 9.83 Å². The van der Waals surface area contributed by atoms with Crippen molar-refractivity contribution in [3.63, 3.8) is 0 Å². The van der Waals surface area contributed by atoms with Crippen molar-refractivity contribution in [2.75, 3.05) is 0 Å². The zero-order valence-electron chi connectivity index (χ0n) is 11.8. The Kier molecular flexibility index (Phi) is 3.03. The number of hydrogen-bond donors (Lipinski definition) is 1. The summed E-state index contributed by atoms with van der Waals surface area (Å²) in [5, 5.41) is 18.2. The number of aromatic nitrogens is 1. The van der Waals surface area contributed by atoms with E-state index >= 15 is 0 Å². The van der Waals surface area contributed by atoms with Gasteiger partial charge in [-0.25, -0.2) is 0 Å². The molecule has 1 N–H and O–H groups in total. The van der Waals surface area contributed by atoms with Crippen molar-refractivity contribution in [1.29, 1.82) is 10.7 Å². The van der Waals surface area contributed by atoms with Crippen LogP contribution in [0.2, 0.25) is 0 Å². The SMILES string of the molecule is Cc1cncc(-c2c(C#N)c(=N)oc3cc(C)ccc23)c1. The first-order valence-corrected chi connectivity index (χ1v) is 6.54. The van der Waals surface area contributed by atoms with Gasteiger partial charge in [0.1, 0.15) is 17.2 Å². The number of nitrogens with one attached hydrogen (secondary N) is 1. The number of benzene rings is 1. The molecule has 0 aliphatic heterocycles. The predicted octanol–water partition coefficient (Wildman–Crippen LogP) is 3.46. The van der Waals surface area contributed by atoms with Crippen LogP contribution in [0, 0.1) is 30.6 Å². The minimum atomic E-state index is -0.118. The fourth-order valence-electron chi connectivity index (χ4n) is 2.43. The molecule has 2 heterocycles. The summed E-state index contributed by atoms with van der Waals surface area (Å²) < 4.78 is 5.48. The van der Waals surface area contributed by atoms with E-state index in [1.807, 2.05) is 38.1 Å². The van der Waals surface area contributed by atoms with Gasteiger partial charge in [-0.05, 0) is 37.1 Å². The largest absolute Gasteiger partial charge is 0.438 e. The molecule has 0 unspecified atom stereocenters. The molecule has 0 spiro atoms. The Labute approximate surface area is 121 Å². The molecule has 0 radical (unpaired) electrons. The van der Waals surface area contributed by atoms with Crippen LogP contribution in [0.1, 0.15) is 16.7 Å². The summed E-state index contributed by atoms with van der Waals surface area (Å²) in [5.41, 5.74) is 4.30. The molecule has 0 aliphatic carbocycles. The number of rotatable bonds is 1. The van der Waals surface area contributed by atoms with E-state index in [1.54, 1.807) is 12.4 Å². The highest BCUT2D eigenvalue weighted by molar-refractivity contribution is 5.96. The van der Waals surface area contributed by atoms with Crippen LogP contribution in [0.15, 0.2) is 41.1 Å². The third-order valence-electron chi connectivity index (χ3n) is 3.37. The molecule has 2 aromatic heterocycles. The van der Waals surface area contributed by atoms with E-state index in [0.717, 1.165) is 22.1 Å². The van der Waals surface area contributed by atoms with Gasteiger partial charge in [0.15, 0.2) is 0 Å². The summed E-state index contributed by atoms with van der Waals surface area (Å²) in [4.78, 5) is 4.19. The molecular weight excluding hydrogens is 262 g/mol. The number of aryl methyl sites for hydroxylation is 2. The number of nitrogens with zero attached hydrogens (tertiary/aromatic N) is 2. The fraction of sp³-hybridized carbons (Fsp3) is 0.118. The number of fused-ring (bicyclic) bond motifs is 1. The topological polar surface area (TPSA) is 73.7 Å². The molecule has 102 valence electrons. The van der Waals surface area contributed by atoms with Crippen LogP contribution in [0.5, 0.6) is 0 Å². The van der Waals surface area contributed by atoms with E-state index in [0.29, 0.717) is 11.1 Å². The lowest BCUT2D eigenvalue weighted by Gasteiger charge is -2.09. The van der Waals surface area contributed by atoms with Crippen LogP contribution in [0.25, 0.3) is 22.1 Å². The van der Waals surface area contributed by atoms with Crippen LogP contribution < -0.4 is 5.55 Å². The van der Waals surface area contributed by atoms with Crippen molar-refractivity contribution in [3.05, 3.63) is 58.9 Å². The third kappa shape index (κ3) is 2.19. The first kappa shape index (κ1) is 13.1. The molecule has 0 saturated heterocycles. The van der Waals surface area contributed by atoms with Gasteiger partial charge in [-0.1, -0.05) is 12.1 Å². The summed E-state index contributed by atoms with van der Waals surface area (Å²) in [6.45, 7) is 3.91. The summed E-state index contributed by atoms with van der Waals surface area (Å²) in [7, 11) is 0. The van der Waals surface area contributed by atoms with Gasteiger partial charge in [0.2, 0.25) is 5.55 Å². The van der Waals surface area contributed by atoms with Gasteiger partial charge in [-0.2, -0.15) is 5.26 Å². The lowest BCUT2D eigenvalue weighted by molar-refractivity contribution is 0.531. The van der Waals surface area contributed by atoms with Crippen LogP contribution in [-0.2, 0) is 0 Å². The standard InChI is InChI=1S/C17H13N3O/c1-10-3-4-13-15(6-10)21-17(19)14(7-18)16(13)12-5-11(2)8-20-9-12/h3-6,8-9,19H,1-2H3. The smallest absolute Gasteiger partial charge is 0.230 e. The van der Waals surface area contributed by atoms with Gasteiger partial charge in [0.25, 0.3) is 0 Å². The minimum Gasteiger partial charge on any atom is -0.438 e. The monoisotopic (exact) mass is 275 g/mol. The van der Waals surface area contributed by atoms with Crippen LogP contribution in [-0.4, -0.2) is 4.98 Å².